The number of anilines is 1. The van der Waals surface area contributed by atoms with Gasteiger partial charge in [-0.05, 0) is 40.1 Å². The predicted molar refractivity (Wildman–Crippen MR) is 92.1 cm³/mol. The number of hydrogen-bond donors (Lipinski definition) is 4. The number of nitrogens with one attached hydrogen (secondary N) is 3. The Morgan fingerprint density at radius 2 is 1.83 bits per heavy atom. The van der Waals surface area contributed by atoms with Crippen LogP contribution in [-0.2, 0) is 15.8 Å². The first-order chi connectivity index (χ1) is 10.9. The minimum atomic E-state index is -3.89. The number of para-hydroxylation sites is 1. The van der Waals surface area contributed by atoms with Crippen LogP contribution >= 0.6 is 0 Å². The van der Waals surface area contributed by atoms with E-state index in [1.165, 1.54) is 0 Å². The van der Waals surface area contributed by atoms with Crippen molar-refractivity contribution in [1.82, 2.24) is 16.0 Å². The fourth-order valence-corrected chi connectivity index (χ4v) is 4.00. The standard InChI is InChI=1S/C15H26N4O3S/c1-16-14-15(17-2,18-3)12-8-4-5-9-13(12)19(14)10-6-7-11-23(20,21)22/h4-5,8-9,14,16-18H,6-7,10-11H2,1-3H3,(H,20,21,22). The zero-order chi connectivity index (χ0) is 17.1. The Balaban J connectivity index is 2.22. The van der Waals surface area contributed by atoms with Crippen molar-refractivity contribution in [2.24, 2.45) is 0 Å². The molecule has 1 atom stereocenters. The molecule has 1 aliphatic rings. The van der Waals surface area contributed by atoms with Crippen molar-refractivity contribution in [2.75, 3.05) is 38.3 Å². The van der Waals surface area contributed by atoms with E-state index in [2.05, 4.69) is 33.0 Å². The zero-order valence-electron chi connectivity index (χ0n) is 13.8. The fourth-order valence-electron chi connectivity index (χ4n) is 3.43. The Bertz CT molecular complexity index is 631. The van der Waals surface area contributed by atoms with Gasteiger partial charge in [-0.15, -0.1) is 0 Å². The van der Waals surface area contributed by atoms with Crippen LogP contribution in [0.1, 0.15) is 18.4 Å². The molecule has 0 aliphatic carbocycles. The van der Waals surface area contributed by atoms with Crippen LogP contribution in [0, 0.1) is 0 Å². The molecule has 0 spiro atoms. The maximum Gasteiger partial charge on any atom is 0.264 e. The van der Waals surface area contributed by atoms with Crippen molar-refractivity contribution in [1.29, 1.82) is 0 Å². The molecule has 8 heteroatoms. The lowest BCUT2D eigenvalue weighted by Crippen LogP contribution is -2.65. The second-order valence-electron chi connectivity index (χ2n) is 5.70. The summed E-state index contributed by atoms with van der Waals surface area (Å²) in [5, 5.41) is 10.1. The van der Waals surface area contributed by atoms with E-state index in [1.54, 1.807) is 0 Å². The average Bonchev–Trinajstić information content (AvgIpc) is 2.80. The summed E-state index contributed by atoms with van der Waals surface area (Å²) in [7, 11) is 1.85. The Morgan fingerprint density at radius 3 is 2.39 bits per heavy atom. The Hall–Kier alpha value is -1.19. The van der Waals surface area contributed by atoms with E-state index in [4.69, 9.17) is 4.55 Å². The van der Waals surface area contributed by atoms with E-state index < -0.39 is 15.8 Å². The van der Waals surface area contributed by atoms with E-state index in [-0.39, 0.29) is 11.9 Å². The number of unbranched alkanes of at least 4 members (excludes halogenated alkanes) is 1. The number of fused-ring (bicyclic) bond motifs is 1. The lowest BCUT2D eigenvalue weighted by molar-refractivity contribution is 0.229. The van der Waals surface area contributed by atoms with Gasteiger partial charge in [-0.2, -0.15) is 8.42 Å². The predicted octanol–water partition coefficient (Wildman–Crippen LogP) is 0.312. The number of hydrogen-bond acceptors (Lipinski definition) is 6. The van der Waals surface area contributed by atoms with Crippen LogP contribution in [0.25, 0.3) is 0 Å². The van der Waals surface area contributed by atoms with E-state index in [0.29, 0.717) is 19.4 Å². The minimum Gasteiger partial charge on any atom is -0.352 e. The maximum absolute atomic E-state index is 10.9. The summed E-state index contributed by atoms with van der Waals surface area (Å²) in [6, 6.07) is 8.17. The summed E-state index contributed by atoms with van der Waals surface area (Å²) < 4.78 is 30.6. The molecule has 0 saturated heterocycles. The molecule has 4 N–H and O–H groups in total. The lowest BCUT2D eigenvalue weighted by Gasteiger charge is -2.39. The minimum absolute atomic E-state index is 0.0133. The van der Waals surface area contributed by atoms with Gasteiger partial charge in [0.1, 0.15) is 11.8 Å². The summed E-state index contributed by atoms with van der Waals surface area (Å²) in [5.74, 6) is -0.199. The highest BCUT2D eigenvalue weighted by Crippen LogP contribution is 2.40. The van der Waals surface area contributed by atoms with Crippen molar-refractivity contribution in [3.05, 3.63) is 29.8 Å². The number of rotatable bonds is 8. The van der Waals surface area contributed by atoms with Gasteiger partial charge >= 0.3 is 0 Å². The van der Waals surface area contributed by atoms with E-state index >= 15 is 0 Å². The summed E-state index contributed by atoms with van der Waals surface area (Å²) in [5.41, 5.74) is 1.84. The van der Waals surface area contributed by atoms with Gasteiger partial charge in [0, 0.05) is 17.8 Å². The van der Waals surface area contributed by atoms with Gasteiger partial charge in [-0.3, -0.25) is 20.5 Å². The van der Waals surface area contributed by atoms with Crippen LogP contribution in [0.2, 0.25) is 0 Å². The van der Waals surface area contributed by atoms with Gasteiger partial charge in [0.05, 0.1) is 5.75 Å². The van der Waals surface area contributed by atoms with Crippen LogP contribution in [0.15, 0.2) is 24.3 Å². The lowest BCUT2D eigenvalue weighted by atomic mass is 9.99. The highest BCUT2D eigenvalue weighted by molar-refractivity contribution is 7.85. The highest BCUT2D eigenvalue weighted by Gasteiger charge is 2.48. The van der Waals surface area contributed by atoms with Gasteiger partial charge in [0.15, 0.2) is 0 Å². The number of benzene rings is 1. The third-order valence-electron chi connectivity index (χ3n) is 4.47. The topological polar surface area (TPSA) is 93.7 Å². The van der Waals surface area contributed by atoms with E-state index in [0.717, 1.165) is 11.3 Å². The molecule has 2 rings (SSSR count). The first-order valence-electron chi connectivity index (χ1n) is 7.76. The quantitative estimate of drug-likeness (QED) is 0.307. The molecule has 0 saturated carbocycles. The molecule has 0 aromatic heterocycles. The van der Waals surface area contributed by atoms with Crippen molar-refractivity contribution >= 4 is 15.8 Å². The normalized spacial score (nSPS) is 19.8. The van der Waals surface area contributed by atoms with Gasteiger partial charge in [0.25, 0.3) is 10.1 Å². The molecule has 0 amide bonds. The van der Waals surface area contributed by atoms with Gasteiger partial charge in [-0.1, -0.05) is 18.2 Å². The van der Waals surface area contributed by atoms with Crippen LogP contribution < -0.4 is 20.9 Å². The molecular weight excluding hydrogens is 316 g/mol. The SMILES string of the molecule is CNC1N(CCCCS(=O)(=O)O)c2ccccc2C1(NC)NC. The number of nitrogens with zero attached hydrogens (tertiary/aromatic N) is 1. The van der Waals surface area contributed by atoms with Gasteiger partial charge < -0.3 is 4.90 Å². The highest BCUT2D eigenvalue weighted by atomic mass is 32.2. The monoisotopic (exact) mass is 342 g/mol. The molecule has 0 bridgehead atoms. The summed E-state index contributed by atoms with van der Waals surface area (Å²) >= 11 is 0. The molecule has 1 heterocycles. The van der Waals surface area contributed by atoms with Crippen LogP contribution in [0.4, 0.5) is 5.69 Å². The average molecular weight is 342 g/mol. The third-order valence-corrected chi connectivity index (χ3v) is 5.28. The fraction of sp³-hybridized carbons (Fsp3) is 0.600. The number of likely N-dealkylation sites (N-methyl/N-ethyl adjacent to an activating group) is 3. The molecule has 1 aliphatic heterocycles. The zero-order valence-corrected chi connectivity index (χ0v) is 14.7. The molecular formula is C15H26N4O3S. The first kappa shape index (κ1) is 18.2. The van der Waals surface area contributed by atoms with Crippen molar-refractivity contribution in [3.63, 3.8) is 0 Å². The Morgan fingerprint density at radius 1 is 1.17 bits per heavy atom. The first-order valence-corrected chi connectivity index (χ1v) is 9.37. The van der Waals surface area contributed by atoms with Crippen LogP contribution in [0.5, 0.6) is 0 Å². The van der Waals surface area contributed by atoms with Gasteiger partial charge in [0.2, 0.25) is 0 Å². The summed E-state index contributed by atoms with van der Waals surface area (Å²) in [4.78, 5) is 2.23. The molecule has 0 fully saturated rings. The Labute approximate surface area is 138 Å². The largest absolute Gasteiger partial charge is 0.352 e. The maximum atomic E-state index is 10.9. The second kappa shape index (κ2) is 7.14. The van der Waals surface area contributed by atoms with E-state index in [1.807, 2.05) is 33.3 Å². The molecule has 1 aromatic carbocycles. The van der Waals surface area contributed by atoms with Crippen molar-refractivity contribution < 1.29 is 13.0 Å². The summed E-state index contributed by atoms with van der Waals surface area (Å²) in [6.07, 6.45) is 1.09. The second-order valence-corrected chi connectivity index (χ2v) is 7.27. The van der Waals surface area contributed by atoms with E-state index in [9.17, 15) is 8.42 Å². The third kappa shape index (κ3) is 3.51. The molecule has 0 radical (unpaired) electrons. The summed E-state index contributed by atoms with van der Waals surface area (Å²) in [6.45, 7) is 0.698. The molecule has 7 nitrogen and oxygen atoms in total. The van der Waals surface area contributed by atoms with Crippen LogP contribution in [-0.4, -0.2) is 52.6 Å². The van der Waals surface area contributed by atoms with Crippen molar-refractivity contribution in [3.8, 4) is 0 Å². The molecule has 1 aromatic rings. The molecule has 1 unspecified atom stereocenters. The van der Waals surface area contributed by atoms with Crippen LogP contribution in [0.3, 0.4) is 0 Å². The molecule has 130 valence electrons. The smallest absolute Gasteiger partial charge is 0.264 e. The molecule has 23 heavy (non-hydrogen) atoms. The van der Waals surface area contributed by atoms with Crippen molar-refractivity contribution in [2.45, 2.75) is 24.7 Å². The Kier molecular flexibility index (Phi) is 5.64. The van der Waals surface area contributed by atoms with Gasteiger partial charge in [-0.25, -0.2) is 0 Å².